The summed E-state index contributed by atoms with van der Waals surface area (Å²) in [6.45, 7) is 0. The smallest absolute Gasteiger partial charge is 0.287 e. The third-order valence-corrected chi connectivity index (χ3v) is 6.22. The van der Waals surface area contributed by atoms with Gasteiger partial charge in [-0.1, -0.05) is 12.1 Å². The summed E-state index contributed by atoms with van der Waals surface area (Å²) in [6, 6.07) is 18.6. The lowest BCUT2D eigenvalue weighted by Crippen LogP contribution is -2.17. The Morgan fingerprint density at radius 3 is 2.12 bits per heavy atom. The first-order valence-electron chi connectivity index (χ1n) is 10.4. The van der Waals surface area contributed by atoms with Crippen molar-refractivity contribution in [2.75, 3.05) is 7.11 Å². The van der Waals surface area contributed by atoms with Crippen molar-refractivity contribution in [3.05, 3.63) is 88.8 Å². The average Bonchev–Trinajstić information content (AvgIpc) is 3.33. The highest BCUT2D eigenvalue weighted by molar-refractivity contribution is 7.15. The average molecular weight is 465 g/mol. The zero-order chi connectivity index (χ0) is 23.1. The standard InChI is InChI=1S/C25H16N6O2S/c1-33-16-10-8-15(9-11-16)19-14-34-25-30-23-22(24(32)31(19)25)28-20(17-6-2-4-12-26-17)21(29-23)18-7-3-5-13-27-18/h2-14H,1H3. The van der Waals surface area contributed by atoms with Gasteiger partial charge in [0.15, 0.2) is 16.1 Å². The van der Waals surface area contributed by atoms with E-state index in [0.717, 1.165) is 17.0 Å². The predicted octanol–water partition coefficient (Wildman–Crippen LogP) is 4.50. The van der Waals surface area contributed by atoms with Gasteiger partial charge in [-0.3, -0.25) is 14.8 Å². The van der Waals surface area contributed by atoms with E-state index >= 15 is 0 Å². The maximum Gasteiger partial charge on any atom is 0.287 e. The molecule has 0 radical (unpaired) electrons. The molecule has 0 bridgehead atoms. The summed E-state index contributed by atoms with van der Waals surface area (Å²) < 4.78 is 6.83. The minimum absolute atomic E-state index is 0.172. The van der Waals surface area contributed by atoms with Gasteiger partial charge in [0.2, 0.25) is 0 Å². The number of nitrogens with zero attached hydrogens (tertiary/aromatic N) is 6. The molecule has 0 amide bonds. The van der Waals surface area contributed by atoms with E-state index in [0.29, 0.717) is 27.7 Å². The molecule has 34 heavy (non-hydrogen) atoms. The van der Waals surface area contributed by atoms with Crippen molar-refractivity contribution < 1.29 is 4.74 Å². The predicted molar refractivity (Wildman–Crippen MR) is 131 cm³/mol. The summed E-state index contributed by atoms with van der Waals surface area (Å²) in [7, 11) is 1.62. The molecule has 1 aromatic carbocycles. The van der Waals surface area contributed by atoms with Crippen molar-refractivity contribution in [3.8, 4) is 39.8 Å². The molecule has 0 saturated heterocycles. The molecule has 9 heteroatoms. The fraction of sp³-hybridized carbons (Fsp3) is 0.0400. The molecule has 5 heterocycles. The second-order valence-corrected chi connectivity index (χ2v) is 8.24. The Morgan fingerprint density at radius 1 is 0.824 bits per heavy atom. The van der Waals surface area contributed by atoms with Crippen molar-refractivity contribution in [2.45, 2.75) is 0 Å². The maximum absolute atomic E-state index is 13.7. The number of hydrogen-bond donors (Lipinski definition) is 0. The number of ether oxygens (including phenoxy) is 1. The zero-order valence-corrected chi connectivity index (χ0v) is 18.7. The molecule has 0 fully saturated rings. The molecule has 0 saturated carbocycles. The molecule has 5 aromatic heterocycles. The minimum atomic E-state index is -0.288. The summed E-state index contributed by atoms with van der Waals surface area (Å²) in [4.78, 5) is 37.2. The van der Waals surface area contributed by atoms with E-state index in [2.05, 4.69) is 15.0 Å². The van der Waals surface area contributed by atoms with Gasteiger partial charge in [0.1, 0.15) is 17.1 Å². The van der Waals surface area contributed by atoms with E-state index in [9.17, 15) is 4.79 Å². The number of pyridine rings is 2. The summed E-state index contributed by atoms with van der Waals surface area (Å²) in [5.41, 5.74) is 3.99. The van der Waals surface area contributed by atoms with Gasteiger partial charge in [0.25, 0.3) is 5.56 Å². The van der Waals surface area contributed by atoms with Crippen LogP contribution >= 0.6 is 11.3 Å². The lowest BCUT2D eigenvalue weighted by Gasteiger charge is -2.09. The molecule has 0 aliphatic heterocycles. The molecule has 6 aromatic rings. The van der Waals surface area contributed by atoms with Gasteiger partial charge in [-0.25, -0.2) is 14.4 Å². The number of thiazole rings is 1. The molecule has 0 unspecified atom stereocenters. The molecule has 0 aliphatic rings. The van der Waals surface area contributed by atoms with Crippen LogP contribution in [0.4, 0.5) is 0 Å². The van der Waals surface area contributed by atoms with Crippen LogP contribution < -0.4 is 10.3 Å². The largest absolute Gasteiger partial charge is 0.497 e. The van der Waals surface area contributed by atoms with Crippen LogP contribution in [0.1, 0.15) is 0 Å². The second kappa shape index (κ2) is 8.13. The van der Waals surface area contributed by atoms with E-state index in [4.69, 9.17) is 14.7 Å². The summed E-state index contributed by atoms with van der Waals surface area (Å²) >= 11 is 1.37. The molecule has 6 rings (SSSR count). The fourth-order valence-electron chi connectivity index (χ4n) is 3.76. The number of aromatic nitrogens is 6. The van der Waals surface area contributed by atoms with Crippen molar-refractivity contribution in [1.82, 2.24) is 29.3 Å². The third-order valence-electron chi connectivity index (χ3n) is 5.39. The van der Waals surface area contributed by atoms with Crippen molar-refractivity contribution in [1.29, 1.82) is 0 Å². The third kappa shape index (κ3) is 3.30. The Morgan fingerprint density at radius 2 is 1.50 bits per heavy atom. The Labute approximate surface area is 197 Å². The minimum Gasteiger partial charge on any atom is -0.497 e. The highest BCUT2D eigenvalue weighted by atomic mass is 32.1. The van der Waals surface area contributed by atoms with Gasteiger partial charge in [-0.15, -0.1) is 11.3 Å². The van der Waals surface area contributed by atoms with E-state index in [1.807, 2.05) is 66.0 Å². The fourth-order valence-corrected chi connectivity index (χ4v) is 4.64. The van der Waals surface area contributed by atoms with Crippen LogP contribution in [0.2, 0.25) is 0 Å². The van der Waals surface area contributed by atoms with Gasteiger partial charge in [0.05, 0.1) is 24.2 Å². The number of rotatable bonds is 4. The molecular formula is C25H16N6O2S. The Hall–Kier alpha value is -4.50. The summed E-state index contributed by atoms with van der Waals surface area (Å²) in [5, 5.41) is 1.91. The topological polar surface area (TPSA) is 95.2 Å². The lowest BCUT2D eigenvalue weighted by atomic mass is 10.1. The number of methoxy groups -OCH3 is 1. The highest BCUT2D eigenvalue weighted by Gasteiger charge is 2.20. The number of benzene rings is 1. The first-order chi connectivity index (χ1) is 16.7. The van der Waals surface area contributed by atoms with Crippen LogP contribution in [0.3, 0.4) is 0 Å². The monoisotopic (exact) mass is 464 g/mol. The van der Waals surface area contributed by atoms with Crippen molar-refractivity contribution in [2.24, 2.45) is 0 Å². The van der Waals surface area contributed by atoms with Crippen LogP contribution in [0.25, 0.3) is 50.2 Å². The number of hydrogen-bond acceptors (Lipinski definition) is 8. The summed E-state index contributed by atoms with van der Waals surface area (Å²) in [5.74, 6) is 0.743. The van der Waals surface area contributed by atoms with Crippen LogP contribution in [-0.4, -0.2) is 36.4 Å². The Kier molecular flexibility index (Phi) is 4.81. The SMILES string of the molecule is COc1ccc(-c2csc3nc4nc(-c5ccccn5)c(-c5ccccn5)nc4c(=O)n23)cc1. The maximum atomic E-state index is 13.7. The van der Waals surface area contributed by atoms with Gasteiger partial charge < -0.3 is 4.74 Å². The molecule has 0 N–H and O–H groups in total. The van der Waals surface area contributed by atoms with Gasteiger partial charge >= 0.3 is 0 Å². The molecule has 164 valence electrons. The first-order valence-corrected chi connectivity index (χ1v) is 11.3. The van der Waals surface area contributed by atoms with Crippen LogP contribution in [-0.2, 0) is 0 Å². The van der Waals surface area contributed by atoms with Crippen molar-refractivity contribution in [3.63, 3.8) is 0 Å². The molecular weight excluding hydrogens is 448 g/mol. The molecule has 0 aliphatic carbocycles. The lowest BCUT2D eigenvalue weighted by molar-refractivity contribution is 0.415. The van der Waals surface area contributed by atoms with Crippen LogP contribution in [0.5, 0.6) is 5.75 Å². The van der Waals surface area contributed by atoms with Crippen molar-refractivity contribution >= 4 is 27.5 Å². The van der Waals surface area contributed by atoms with Crippen LogP contribution in [0.15, 0.2) is 83.2 Å². The quantitative estimate of drug-likeness (QED) is 0.379. The number of fused-ring (bicyclic) bond motifs is 2. The molecule has 0 atom stereocenters. The Bertz CT molecular complexity index is 1700. The van der Waals surface area contributed by atoms with E-state index < -0.39 is 0 Å². The van der Waals surface area contributed by atoms with Gasteiger partial charge in [-0.05, 0) is 54.1 Å². The van der Waals surface area contributed by atoms with E-state index in [-0.39, 0.29) is 16.7 Å². The first kappa shape index (κ1) is 20.1. The van der Waals surface area contributed by atoms with E-state index in [1.54, 1.807) is 23.9 Å². The summed E-state index contributed by atoms with van der Waals surface area (Å²) in [6.07, 6.45) is 3.37. The highest BCUT2D eigenvalue weighted by Crippen LogP contribution is 2.30. The molecule has 0 spiro atoms. The Balaban J connectivity index is 1.64. The van der Waals surface area contributed by atoms with Gasteiger partial charge in [-0.2, -0.15) is 4.98 Å². The van der Waals surface area contributed by atoms with E-state index in [1.165, 1.54) is 11.3 Å². The normalized spacial score (nSPS) is 11.2. The molecule has 8 nitrogen and oxygen atoms in total. The van der Waals surface area contributed by atoms with Crippen LogP contribution in [0, 0.1) is 0 Å². The zero-order valence-electron chi connectivity index (χ0n) is 17.9. The van der Waals surface area contributed by atoms with Gasteiger partial charge in [0, 0.05) is 17.8 Å². The second-order valence-electron chi connectivity index (χ2n) is 7.41.